The molecule has 6 nitrogen and oxygen atoms in total. The first-order chi connectivity index (χ1) is 24.4. The molecule has 4 N–H and O–H groups in total. The molecule has 0 heterocycles. The van der Waals surface area contributed by atoms with Gasteiger partial charge in [-0.2, -0.15) is 0 Å². The standard InChI is InChI=1S/C44H80N2O4/c1-3-5-7-21-30-41(47)32-23-17-13-9-11-15-19-25-34-43(49)45-37-39-28-27-29-40(36-39)38-46-44(50)35-26-20-16-12-10-14-18-24-33-42(48)31-22-8-6-4-2/h27-29,36,41-42,47-48H,3-26,30-35,37-38H2,1-2H3,(H,45,49)(H,46,50). The Balaban J connectivity index is 1.97. The first kappa shape index (κ1) is 46.1. The van der Waals surface area contributed by atoms with Crippen molar-refractivity contribution in [1.29, 1.82) is 0 Å². The van der Waals surface area contributed by atoms with E-state index < -0.39 is 0 Å². The molecule has 0 bridgehead atoms. The van der Waals surface area contributed by atoms with Crippen LogP contribution in [0.5, 0.6) is 0 Å². The lowest BCUT2D eigenvalue weighted by molar-refractivity contribution is -0.122. The highest BCUT2D eigenvalue weighted by molar-refractivity contribution is 5.76. The molecule has 1 aromatic rings. The summed E-state index contributed by atoms with van der Waals surface area (Å²) in [6.07, 6.45) is 33.3. The molecule has 0 fully saturated rings. The highest BCUT2D eigenvalue weighted by Crippen LogP contribution is 2.16. The van der Waals surface area contributed by atoms with Crippen molar-refractivity contribution < 1.29 is 19.8 Å². The molecule has 0 aliphatic carbocycles. The highest BCUT2D eigenvalue weighted by atomic mass is 16.3. The number of amides is 2. The van der Waals surface area contributed by atoms with Crippen molar-refractivity contribution in [2.75, 3.05) is 0 Å². The summed E-state index contributed by atoms with van der Waals surface area (Å²) >= 11 is 0. The third kappa shape index (κ3) is 29.8. The van der Waals surface area contributed by atoms with Crippen molar-refractivity contribution >= 4 is 11.8 Å². The average Bonchev–Trinajstić information content (AvgIpc) is 3.12. The number of carbonyl (C=O) groups excluding carboxylic acids is 2. The van der Waals surface area contributed by atoms with Crippen LogP contribution in [0.4, 0.5) is 0 Å². The summed E-state index contributed by atoms with van der Waals surface area (Å²) in [6.45, 7) is 5.49. The lowest BCUT2D eigenvalue weighted by Crippen LogP contribution is -2.23. The van der Waals surface area contributed by atoms with Gasteiger partial charge in [0.25, 0.3) is 0 Å². The van der Waals surface area contributed by atoms with Crippen LogP contribution in [0.3, 0.4) is 0 Å². The lowest BCUT2D eigenvalue weighted by atomic mass is 10.0. The minimum Gasteiger partial charge on any atom is -0.393 e. The van der Waals surface area contributed by atoms with Crippen LogP contribution in [0.2, 0.25) is 0 Å². The topological polar surface area (TPSA) is 98.7 Å². The summed E-state index contributed by atoms with van der Waals surface area (Å²) in [7, 11) is 0. The van der Waals surface area contributed by atoms with Gasteiger partial charge in [0.1, 0.15) is 0 Å². The van der Waals surface area contributed by atoms with E-state index in [2.05, 4.69) is 30.5 Å². The Morgan fingerprint density at radius 3 is 1.12 bits per heavy atom. The van der Waals surface area contributed by atoms with Gasteiger partial charge in [-0.15, -0.1) is 0 Å². The predicted octanol–water partition coefficient (Wildman–Crippen LogP) is 11.4. The smallest absolute Gasteiger partial charge is 0.220 e. The molecule has 290 valence electrons. The van der Waals surface area contributed by atoms with Crippen LogP contribution in [-0.4, -0.2) is 34.2 Å². The number of rotatable bonds is 36. The average molecular weight is 701 g/mol. The molecule has 1 aromatic carbocycles. The first-order valence-electron chi connectivity index (χ1n) is 21.4. The minimum atomic E-state index is -0.104. The molecular formula is C44H80N2O4. The molecule has 0 spiro atoms. The van der Waals surface area contributed by atoms with Crippen molar-refractivity contribution in [1.82, 2.24) is 10.6 Å². The second kappa shape index (κ2) is 34.2. The van der Waals surface area contributed by atoms with Gasteiger partial charge in [-0.3, -0.25) is 9.59 Å². The fraction of sp³-hybridized carbons (Fsp3) is 0.818. The quantitative estimate of drug-likeness (QED) is 0.0524. The van der Waals surface area contributed by atoms with Gasteiger partial charge < -0.3 is 20.8 Å². The Morgan fingerprint density at radius 2 is 0.780 bits per heavy atom. The Labute approximate surface area is 308 Å². The number of hydrogen-bond acceptors (Lipinski definition) is 4. The number of nitrogens with one attached hydrogen (secondary N) is 2. The van der Waals surface area contributed by atoms with E-state index in [9.17, 15) is 19.8 Å². The Kier molecular flexibility index (Phi) is 31.5. The summed E-state index contributed by atoms with van der Waals surface area (Å²) in [4.78, 5) is 24.7. The summed E-state index contributed by atoms with van der Waals surface area (Å²) in [5.41, 5.74) is 2.13. The molecule has 0 aliphatic rings. The lowest BCUT2D eigenvalue weighted by Gasteiger charge is -2.10. The summed E-state index contributed by atoms with van der Waals surface area (Å²) in [5, 5.41) is 26.3. The van der Waals surface area contributed by atoms with Crippen LogP contribution in [-0.2, 0) is 22.7 Å². The fourth-order valence-electron chi connectivity index (χ4n) is 6.78. The second-order valence-corrected chi connectivity index (χ2v) is 15.1. The normalized spacial score (nSPS) is 12.6. The summed E-state index contributed by atoms with van der Waals surface area (Å²) < 4.78 is 0. The molecule has 2 atom stereocenters. The minimum absolute atomic E-state index is 0.104. The maximum atomic E-state index is 12.4. The number of unbranched alkanes of at least 4 members (excludes halogenated alkanes) is 20. The van der Waals surface area contributed by atoms with Crippen molar-refractivity contribution in [3.05, 3.63) is 35.4 Å². The van der Waals surface area contributed by atoms with Crippen LogP contribution in [0.1, 0.15) is 218 Å². The van der Waals surface area contributed by atoms with Gasteiger partial charge in [-0.25, -0.2) is 0 Å². The zero-order valence-electron chi connectivity index (χ0n) is 32.8. The molecule has 50 heavy (non-hydrogen) atoms. The van der Waals surface area contributed by atoms with E-state index in [-0.39, 0.29) is 24.0 Å². The molecule has 0 saturated carbocycles. The number of aliphatic hydroxyl groups is 2. The Morgan fingerprint density at radius 1 is 0.480 bits per heavy atom. The monoisotopic (exact) mass is 701 g/mol. The zero-order valence-corrected chi connectivity index (χ0v) is 32.8. The van der Waals surface area contributed by atoms with E-state index in [1.807, 2.05) is 18.2 Å². The van der Waals surface area contributed by atoms with Crippen LogP contribution in [0, 0.1) is 0 Å². The Bertz CT molecular complexity index is 854. The molecule has 1 rings (SSSR count). The van der Waals surface area contributed by atoms with Gasteiger partial charge in [-0.05, 0) is 49.7 Å². The SMILES string of the molecule is CCCCCCC(O)CCCCCCCCCCC(=O)NCc1cccc(CNC(=O)CCCCCCCCCCC(O)CCCCCC)c1. The number of hydrogen-bond donors (Lipinski definition) is 4. The molecular weight excluding hydrogens is 620 g/mol. The second-order valence-electron chi connectivity index (χ2n) is 15.1. The van der Waals surface area contributed by atoms with Crippen molar-refractivity contribution in [3.63, 3.8) is 0 Å². The van der Waals surface area contributed by atoms with Gasteiger partial charge in [0.05, 0.1) is 12.2 Å². The van der Waals surface area contributed by atoms with Crippen LogP contribution in [0.25, 0.3) is 0 Å². The molecule has 2 amide bonds. The molecule has 0 aromatic heterocycles. The van der Waals surface area contributed by atoms with Gasteiger partial charge >= 0.3 is 0 Å². The van der Waals surface area contributed by atoms with Crippen LogP contribution in [0.15, 0.2) is 24.3 Å². The predicted molar refractivity (Wildman–Crippen MR) is 212 cm³/mol. The third-order valence-electron chi connectivity index (χ3n) is 10.1. The molecule has 0 saturated heterocycles. The third-order valence-corrected chi connectivity index (χ3v) is 10.1. The molecule has 0 radical (unpaired) electrons. The van der Waals surface area contributed by atoms with Crippen molar-refractivity contribution in [2.45, 2.75) is 232 Å². The van der Waals surface area contributed by atoms with E-state index in [1.165, 1.54) is 103 Å². The highest BCUT2D eigenvalue weighted by Gasteiger charge is 2.07. The van der Waals surface area contributed by atoms with E-state index in [0.29, 0.717) is 25.9 Å². The first-order valence-corrected chi connectivity index (χ1v) is 21.4. The summed E-state index contributed by atoms with van der Waals surface area (Å²) in [6, 6.07) is 8.12. The number of aliphatic hydroxyl groups excluding tert-OH is 2. The molecule has 0 aliphatic heterocycles. The van der Waals surface area contributed by atoms with Gasteiger partial charge in [0.2, 0.25) is 11.8 Å². The largest absolute Gasteiger partial charge is 0.393 e. The van der Waals surface area contributed by atoms with Crippen molar-refractivity contribution in [3.8, 4) is 0 Å². The van der Waals surface area contributed by atoms with E-state index in [1.54, 1.807) is 0 Å². The van der Waals surface area contributed by atoms with E-state index >= 15 is 0 Å². The van der Waals surface area contributed by atoms with E-state index in [0.717, 1.165) is 88.2 Å². The van der Waals surface area contributed by atoms with Gasteiger partial charge in [0.15, 0.2) is 0 Å². The van der Waals surface area contributed by atoms with Gasteiger partial charge in [-0.1, -0.05) is 179 Å². The van der Waals surface area contributed by atoms with Crippen LogP contribution >= 0.6 is 0 Å². The number of carbonyl (C=O) groups is 2. The van der Waals surface area contributed by atoms with E-state index in [4.69, 9.17) is 0 Å². The van der Waals surface area contributed by atoms with Crippen LogP contribution < -0.4 is 10.6 Å². The van der Waals surface area contributed by atoms with Gasteiger partial charge in [0, 0.05) is 25.9 Å². The van der Waals surface area contributed by atoms with Crippen molar-refractivity contribution in [2.24, 2.45) is 0 Å². The maximum Gasteiger partial charge on any atom is 0.220 e. The fourth-order valence-corrected chi connectivity index (χ4v) is 6.78. The molecule has 2 unspecified atom stereocenters. The summed E-state index contributed by atoms with van der Waals surface area (Å²) in [5.74, 6) is 0.223. The molecule has 6 heteroatoms. The Hall–Kier alpha value is -1.92. The zero-order chi connectivity index (χ0) is 36.3. The maximum absolute atomic E-state index is 12.4. The number of benzene rings is 1.